The number of aromatic hydroxyl groups is 1. The molecule has 2 rings (SSSR count). The number of rotatable bonds is 4. The van der Waals surface area contributed by atoms with E-state index in [1.807, 2.05) is 0 Å². The monoisotopic (exact) mass is 469 g/mol. The SMILES string of the molecule is Cl.Cl.O=[N+]([O-])c1cc(Br)c(O)c([C@@H](CC(F)(F)F)N2CCNCC2)c1. The molecule has 25 heavy (non-hydrogen) atoms. The largest absolute Gasteiger partial charge is 0.506 e. The Morgan fingerprint density at radius 3 is 2.36 bits per heavy atom. The Hall–Kier alpha value is -0.810. The highest BCUT2D eigenvalue weighted by molar-refractivity contribution is 9.10. The molecule has 1 fully saturated rings. The lowest BCUT2D eigenvalue weighted by atomic mass is 9.99. The van der Waals surface area contributed by atoms with Crippen molar-refractivity contribution >= 4 is 46.4 Å². The predicted octanol–water partition coefficient (Wildman–Crippen LogP) is 3.81. The summed E-state index contributed by atoms with van der Waals surface area (Å²) in [7, 11) is 0. The number of piperazine rings is 1. The number of hydrogen-bond donors (Lipinski definition) is 2. The van der Waals surface area contributed by atoms with E-state index in [0.29, 0.717) is 26.2 Å². The van der Waals surface area contributed by atoms with Crippen LogP contribution in [0.1, 0.15) is 18.0 Å². The van der Waals surface area contributed by atoms with Gasteiger partial charge in [0.05, 0.1) is 15.8 Å². The van der Waals surface area contributed by atoms with Gasteiger partial charge in [-0.1, -0.05) is 0 Å². The van der Waals surface area contributed by atoms with Crippen molar-refractivity contribution in [3.8, 4) is 5.75 Å². The minimum atomic E-state index is -4.46. The number of hydrogen-bond acceptors (Lipinski definition) is 5. The quantitative estimate of drug-likeness (QED) is 0.516. The number of benzene rings is 1. The van der Waals surface area contributed by atoms with Crippen molar-refractivity contribution < 1.29 is 23.2 Å². The molecule has 0 aliphatic carbocycles. The molecule has 1 saturated heterocycles. The fourth-order valence-electron chi connectivity index (χ4n) is 2.61. The highest BCUT2D eigenvalue weighted by atomic mass is 79.9. The smallest absolute Gasteiger partial charge is 0.390 e. The van der Waals surface area contributed by atoms with Crippen LogP contribution in [-0.2, 0) is 0 Å². The molecule has 0 spiro atoms. The molecule has 0 aromatic heterocycles. The van der Waals surface area contributed by atoms with Crippen molar-refractivity contribution in [2.75, 3.05) is 26.2 Å². The maximum absolute atomic E-state index is 13.0. The molecule has 0 unspecified atom stereocenters. The van der Waals surface area contributed by atoms with Crippen LogP contribution in [0.4, 0.5) is 18.9 Å². The van der Waals surface area contributed by atoms with Crippen molar-refractivity contribution in [1.29, 1.82) is 0 Å². The van der Waals surface area contributed by atoms with Gasteiger partial charge in [-0.05, 0) is 15.9 Å². The number of halogens is 6. The summed E-state index contributed by atoms with van der Waals surface area (Å²) in [6, 6.07) is 0.910. The summed E-state index contributed by atoms with van der Waals surface area (Å²) in [6.07, 6.45) is -5.65. The maximum atomic E-state index is 13.0. The predicted molar refractivity (Wildman–Crippen MR) is 94.8 cm³/mol. The molecule has 1 aromatic rings. The van der Waals surface area contributed by atoms with Gasteiger partial charge < -0.3 is 10.4 Å². The maximum Gasteiger partial charge on any atom is 0.390 e. The molecule has 0 bridgehead atoms. The molecule has 0 amide bonds. The summed E-state index contributed by atoms with van der Waals surface area (Å²) in [5.74, 6) is -0.400. The Labute approximate surface area is 162 Å². The molecule has 1 aliphatic rings. The summed E-state index contributed by atoms with van der Waals surface area (Å²) in [5, 5.41) is 24.1. The normalized spacial score (nSPS) is 16.5. The minimum absolute atomic E-state index is 0. The van der Waals surface area contributed by atoms with Gasteiger partial charge in [0.25, 0.3) is 5.69 Å². The van der Waals surface area contributed by atoms with E-state index in [1.54, 1.807) is 4.90 Å². The molecule has 1 aliphatic heterocycles. The van der Waals surface area contributed by atoms with Crippen LogP contribution >= 0.6 is 40.7 Å². The van der Waals surface area contributed by atoms with E-state index in [2.05, 4.69) is 21.2 Å². The molecule has 1 heterocycles. The average molecular weight is 471 g/mol. The number of non-ortho nitro benzene ring substituents is 1. The van der Waals surface area contributed by atoms with E-state index in [9.17, 15) is 28.4 Å². The Morgan fingerprint density at radius 1 is 1.32 bits per heavy atom. The first-order valence-corrected chi connectivity index (χ1v) is 7.66. The molecule has 6 nitrogen and oxygen atoms in total. The van der Waals surface area contributed by atoms with E-state index in [4.69, 9.17) is 0 Å². The van der Waals surface area contributed by atoms with Gasteiger partial charge >= 0.3 is 6.18 Å². The van der Waals surface area contributed by atoms with Gasteiger partial charge in [-0.2, -0.15) is 13.2 Å². The lowest BCUT2D eigenvalue weighted by Crippen LogP contribution is -2.46. The number of alkyl halides is 3. The Bertz CT molecular complexity index is 602. The Balaban J connectivity index is 0.00000288. The summed E-state index contributed by atoms with van der Waals surface area (Å²) in [5.41, 5.74) is -0.461. The second-order valence-corrected chi connectivity index (χ2v) is 6.10. The number of nitrogens with one attached hydrogen (secondary N) is 1. The van der Waals surface area contributed by atoms with E-state index < -0.39 is 29.3 Å². The average Bonchev–Trinajstić information content (AvgIpc) is 2.47. The molecule has 0 saturated carbocycles. The van der Waals surface area contributed by atoms with Crippen molar-refractivity contribution in [2.24, 2.45) is 0 Å². The second kappa shape index (κ2) is 9.77. The number of nitrogens with zero attached hydrogens (tertiary/aromatic N) is 2. The van der Waals surface area contributed by atoms with Crippen LogP contribution < -0.4 is 5.32 Å². The molecular formula is C13H17BrCl2F3N3O3. The number of nitro benzene ring substituents is 1. The zero-order valence-corrected chi connectivity index (χ0v) is 16.0. The van der Waals surface area contributed by atoms with Crippen LogP contribution in [0.2, 0.25) is 0 Å². The van der Waals surface area contributed by atoms with Crippen LogP contribution in [0, 0.1) is 10.1 Å². The molecule has 2 N–H and O–H groups in total. The zero-order chi connectivity index (χ0) is 17.2. The van der Waals surface area contributed by atoms with Gasteiger partial charge in [-0.15, -0.1) is 24.8 Å². The number of phenolic OH excluding ortho intramolecular Hbond substituents is 1. The highest BCUT2D eigenvalue weighted by Gasteiger charge is 2.38. The van der Waals surface area contributed by atoms with Crippen LogP contribution in [-0.4, -0.2) is 47.3 Å². The standard InChI is InChI=1S/C13H15BrF3N3O3.2ClH/c14-10-6-8(20(22)23)5-9(12(10)21)11(7-13(15,16)17)19-3-1-18-2-4-19;;/h5-6,11,18,21H,1-4,7H2;2*1H/t11-;;/m1../s1. The van der Waals surface area contributed by atoms with Crippen LogP contribution in [0.5, 0.6) is 5.75 Å². The van der Waals surface area contributed by atoms with E-state index in [0.717, 1.165) is 12.1 Å². The van der Waals surface area contributed by atoms with Crippen molar-refractivity contribution in [1.82, 2.24) is 10.2 Å². The second-order valence-electron chi connectivity index (χ2n) is 5.24. The fraction of sp³-hybridized carbons (Fsp3) is 0.538. The third kappa shape index (κ3) is 6.45. The molecule has 12 heteroatoms. The Kier molecular flexibility index (Phi) is 9.45. The summed E-state index contributed by atoms with van der Waals surface area (Å²) in [6.45, 7) is 1.76. The van der Waals surface area contributed by atoms with Crippen molar-refractivity contribution in [3.63, 3.8) is 0 Å². The van der Waals surface area contributed by atoms with E-state index in [-0.39, 0.29) is 40.5 Å². The van der Waals surface area contributed by atoms with Gasteiger partial charge in [-0.25, -0.2) is 0 Å². The molecule has 0 radical (unpaired) electrons. The summed E-state index contributed by atoms with van der Waals surface area (Å²) < 4.78 is 38.9. The van der Waals surface area contributed by atoms with E-state index >= 15 is 0 Å². The minimum Gasteiger partial charge on any atom is -0.506 e. The molecule has 1 aromatic carbocycles. The highest BCUT2D eigenvalue weighted by Crippen LogP contribution is 2.42. The van der Waals surface area contributed by atoms with Crippen molar-refractivity contribution in [3.05, 3.63) is 32.3 Å². The summed E-state index contributed by atoms with van der Waals surface area (Å²) in [4.78, 5) is 11.8. The fourth-order valence-corrected chi connectivity index (χ4v) is 3.08. The molecule has 1 atom stereocenters. The number of nitro groups is 1. The first-order valence-electron chi connectivity index (χ1n) is 6.87. The van der Waals surface area contributed by atoms with Crippen LogP contribution in [0.3, 0.4) is 0 Å². The van der Waals surface area contributed by atoms with Gasteiger partial charge in [0, 0.05) is 49.9 Å². The molecule has 144 valence electrons. The lowest BCUT2D eigenvalue weighted by molar-refractivity contribution is -0.385. The first kappa shape index (κ1) is 24.2. The Morgan fingerprint density at radius 2 is 1.88 bits per heavy atom. The molecular weight excluding hydrogens is 454 g/mol. The van der Waals surface area contributed by atoms with Gasteiger partial charge in [0.2, 0.25) is 0 Å². The third-order valence-electron chi connectivity index (χ3n) is 3.66. The lowest BCUT2D eigenvalue weighted by Gasteiger charge is -2.35. The van der Waals surface area contributed by atoms with Gasteiger partial charge in [0.1, 0.15) is 5.75 Å². The van der Waals surface area contributed by atoms with Crippen LogP contribution in [0.15, 0.2) is 16.6 Å². The van der Waals surface area contributed by atoms with Gasteiger partial charge in [-0.3, -0.25) is 15.0 Å². The topological polar surface area (TPSA) is 78.6 Å². The van der Waals surface area contributed by atoms with Crippen molar-refractivity contribution in [2.45, 2.75) is 18.6 Å². The first-order chi connectivity index (χ1) is 10.7. The number of phenols is 1. The van der Waals surface area contributed by atoms with Gasteiger partial charge in [0.15, 0.2) is 0 Å². The zero-order valence-electron chi connectivity index (χ0n) is 12.8. The summed E-state index contributed by atoms with van der Waals surface area (Å²) >= 11 is 2.97. The van der Waals surface area contributed by atoms with E-state index in [1.165, 1.54) is 0 Å². The third-order valence-corrected chi connectivity index (χ3v) is 4.27. The van der Waals surface area contributed by atoms with Crippen LogP contribution in [0.25, 0.3) is 0 Å².